The number of phenols is 3. The molecule has 22 atom stereocenters. The van der Waals surface area contributed by atoms with Crippen molar-refractivity contribution in [2.45, 2.75) is 252 Å². The molecule has 0 radical (unpaired) electrons. The summed E-state index contributed by atoms with van der Waals surface area (Å²) in [6.45, 7) is 11.8. The van der Waals surface area contributed by atoms with Gasteiger partial charge in [-0.15, -0.1) is 0 Å². The van der Waals surface area contributed by atoms with Gasteiger partial charge in [0, 0.05) is 53.2 Å². The number of carbonyl (C=O) groups excluding carboxylic acids is 7. The van der Waals surface area contributed by atoms with Crippen LogP contribution in [0.5, 0.6) is 51.7 Å². The summed E-state index contributed by atoms with van der Waals surface area (Å²) in [6, 6.07) is 7.09. The number of carbonyl (C=O) groups is 8. The number of carboxylic acids is 1. The Morgan fingerprint density at radius 1 is 0.654 bits per heavy atom. The van der Waals surface area contributed by atoms with E-state index in [4.69, 9.17) is 77.3 Å². The summed E-state index contributed by atoms with van der Waals surface area (Å²) in [6.07, 6.45) is -16.3. The number of nitrogens with two attached hydrogens (primary N) is 2. The Hall–Kier alpha value is -10.3. The van der Waals surface area contributed by atoms with Crippen molar-refractivity contribution in [3.63, 3.8) is 0 Å². The number of carboxylic acid groups (broad SMARTS) is 1. The minimum atomic E-state index is -2.39. The molecule has 3 saturated heterocycles. The Morgan fingerprint density at radius 3 is 1.90 bits per heavy atom. The van der Waals surface area contributed by atoms with Crippen LogP contribution in [0.2, 0.25) is 10.0 Å². The van der Waals surface area contributed by atoms with Gasteiger partial charge in [-0.05, 0) is 148 Å². The van der Waals surface area contributed by atoms with Gasteiger partial charge in [-0.25, -0.2) is 4.79 Å². The Labute approximate surface area is 741 Å². The molecule has 0 aliphatic carbocycles. The molecule has 127 heavy (non-hydrogen) atoms. The number of amides is 7. The van der Waals surface area contributed by atoms with Crippen LogP contribution in [0.15, 0.2) is 103 Å². The first-order valence-electron chi connectivity index (χ1n) is 42.0. The number of hydrogen-bond donors (Lipinski definition) is 20. The highest BCUT2D eigenvalue weighted by Crippen LogP contribution is 2.51. The zero-order valence-electron chi connectivity index (χ0n) is 71.0. The minimum Gasteiger partial charge on any atom is -0.508 e. The van der Waals surface area contributed by atoms with Crippen molar-refractivity contribution in [2.24, 2.45) is 17.4 Å². The van der Waals surface area contributed by atoms with Crippen LogP contribution in [-0.4, -0.2) is 222 Å². The van der Waals surface area contributed by atoms with Crippen LogP contribution >= 0.6 is 23.2 Å². The predicted molar refractivity (Wildman–Crippen MR) is 454 cm³/mol. The first kappa shape index (κ1) is 95.8. The Morgan fingerprint density at radius 2 is 1.27 bits per heavy atom. The van der Waals surface area contributed by atoms with Crippen molar-refractivity contribution < 1.29 is 132 Å². The topological polar surface area (TPSA) is 570 Å². The van der Waals surface area contributed by atoms with Crippen LogP contribution < -0.4 is 72.9 Å². The molecule has 14 rings (SSSR count). The van der Waals surface area contributed by atoms with E-state index in [1.807, 2.05) is 38.1 Å². The number of phenolic OH excluding ortho intramolecular Hbond substituents is 3. The molecule has 0 unspecified atom stereocenters. The Kier molecular flexibility index (Phi) is 30.9. The van der Waals surface area contributed by atoms with Gasteiger partial charge in [0.05, 0.1) is 60.1 Å². The standard InChI is InChI=1S/C88H110Cl2N10O27/c1-9-10-11-12-13-14-25-119-48-20-15-42(16-21-48)37-94-88(7)36-64(121-41(5)78(88)110)126-76-73(108)72(107)61(38-101)124-86(76)127-75-59-30-46-31-60(75)123-58-24-19-45(29-52(58)90)74(125-63-35-87(6,92)77(109)40(4)120-63)70-84(116)98-68(85(117)118)50-32-47(102)33-56(104)65(50)49-27-43(17-22-55(49)103)66(81(113)100-70)97-82(114)67(46)96-80(112)54(34-62(91)105)95-83(115)69(99-79(111)53(93-8)26-39(2)3)71(106)44-18-23-57(122-59)51(89)28-44/h15-24,27-33,39-41,53-54,61,63-64,66-74,76-78,86,93-94,101-104,106-110H,9-14,25-26,34-38,92H2,1-8H3,(H2,91,105)(H,95,115)(H,96,112)(H,97,114)(H,98,116)(H,99,111)(H,100,113)(H,117,118)/t40-,41-,53+,54-,61+,63-,64-,66+,67+,68-,69+,70-,71+,72+,73-,74+,76+,77-,78-,86-,87-,88-/m0/s1. The predicted octanol–water partition coefficient (Wildman–Crippen LogP) is 4.91. The highest BCUT2D eigenvalue weighted by atomic mass is 35.5. The number of aliphatic carboxylic acids is 1. The molecule has 11 bridgehead atoms. The highest BCUT2D eigenvalue weighted by Gasteiger charge is 2.53. The van der Waals surface area contributed by atoms with Gasteiger partial charge in [0.1, 0.15) is 95.2 Å². The van der Waals surface area contributed by atoms with E-state index in [1.54, 1.807) is 13.8 Å². The van der Waals surface area contributed by atoms with E-state index < -0.39 is 261 Å². The van der Waals surface area contributed by atoms with Gasteiger partial charge >= 0.3 is 5.97 Å². The Bertz CT molecular complexity index is 5020. The van der Waals surface area contributed by atoms with Crippen molar-refractivity contribution in [3.05, 3.63) is 147 Å². The molecular weight excluding hydrogens is 1700 g/mol. The van der Waals surface area contributed by atoms with Crippen LogP contribution in [0.1, 0.15) is 176 Å². The fourth-order valence-corrected chi connectivity index (χ4v) is 16.9. The average molecular weight is 1810 g/mol. The summed E-state index contributed by atoms with van der Waals surface area (Å²) in [7, 11) is 1.48. The summed E-state index contributed by atoms with van der Waals surface area (Å²) >= 11 is 14.7. The van der Waals surface area contributed by atoms with Gasteiger partial charge in [-0.2, -0.15) is 0 Å². The van der Waals surface area contributed by atoms with Crippen molar-refractivity contribution in [2.75, 3.05) is 20.3 Å². The van der Waals surface area contributed by atoms with Crippen molar-refractivity contribution in [3.8, 4) is 62.9 Å². The minimum absolute atomic E-state index is 0.117. The number of likely N-dealkylation sites (N-methyl/N-ethyl adjacent to an activating group) is 1. The molecule has 39 heteroatoms. The number of benzene rings is 6. The molecule has 6 aromatic rings. The number of rotatable bonds is 26. The molecule has 8 heterocycles. The normalized spacial score (nSPS) is 29.5. The first-order valence-corrected chi connectivity index (χ1v) is 42.8. The van der Waals surface area contributed by atoms with E-state index >= 15 is 24.0 Å². The average Bonchev–Trinajstić information content (AvgIpc) is 0.762. The monoisotopic (exact) mass is 1810 g/mol. The van der Waals surface area contributed by atoms with E-state index in [-0.39, 0.29) is 59.2 Å². The SMILES string of the molecule is CCCCCCCCOc1ccc(CN[C@@]2(C)C[C@H](O[C@H]3[C@H](Oc4c5cc6cc4Oc4ccc(cc4Cl)[C@@H](O[C@H]4C[C@](C)(N)[C@@H](O)[C@H](C)O4)[C@@H]4NC(=O)[C@H](NC(=O)[C@@H]6NC(=O)[C@H](CC(N)=O)NC(=O)[C@H](NC(=O)[C@@H](CC(C)C)NC)[C@H](O)c6ccc(c(Cl)c6)O5)c5ccc(O)c(c5)-c5c(O)cc(O)cc5[C@@H](C(=O)O)NC4=O)O[C@H](CO)[C@@H](O)[C@@H]3O)O[C@@H](C)[C@@H]2O)cc1. The number of nitrogens with one attached hydrogen (secondary N) is 8. The number of aromatic hydroxyl groups is 3. The maximum absolute atomic E-state index is 16.6. The van der Waals surface area contributed by atoms with E-state index in [2.05, 4.69) is 49.5 Å². The quantitative estimate of drug-likeness (QED) is 0.0321. The van der Waals surface area contributed by atoms with Gasteiger partial charge in [-0.3, -0.25) is 33.6 Å². The van der Waals surface area contributed by atoms with Gasteiger partial charge in [-0.1, -0.05) is 106 Å². The van der Waals surface area contributed by atoms with E-state index in [0.29, 0.717) is 12.4 Å². The van der Waals surface area contributed by atoms with Crippen LogP contribution in [0.25, 0.3) is 11.1 Å². The maximum Gasteiger partial charge on any atom is 0.330 e. The lowest BCUT2D eigenvalue weighted by Gasteiger charge is -2.48. The second kappa shape index (κ2) is 41.0. The van der Waals surface area contributed by atoms with Crippen molar-refractivity contribution >= 4 is 70.5 Å². The zero-order chi connectivity index (χ0) is 91.9. The van der Waals surface area contributed by atoms with E-state index in [9.17, 15) is 65.4 Å². The lowest BCUT2D eigenvalue weighted by Crippen LogP contribution is -2.65. The second-order valence-corrected chi connectivity index (χ2v) is 34.6. The zero-order valence-corrected chi connectivity index (χ0v) is 72.5. The number of aliphatic hydroxyl groups is 6. The van der Waals surface area contributed by atoms with E-state index in [0.717, 1.165) is 79.8 Å². The molecule has 7 amide bonds. The van der Waals surface area contributed by atoms with Gasteiger partial charge in [0.2, 0.25) is 53.4 Å². The number of aliphatic hydroxyl groups excluding tert-OH is 6. The molecular formula is C88H110Cl2N10O27. The number of hydrogen-bond acceptors (Lipinski definition) is 29. The number of halogens is 2. The largest absolute Gasteiger partial charge is 0.508 e. The summed E-state index contributed by atoms with van der Waals surface area (Å²) < 4.78 is 59.0. The third-order valence-electron chi connectivity index (χ3n) is 23.5. The fourth-order valence-electron chi connectivity index (χ4n) is 16.5. The van der Waals surface area contributed by atoms with Crippen LogP contribution in [-0.2, 0) is 68.6 Å². The molecule has 0 aromatic heterocycles. The number of fused-ring (bicyclic) bond motifs is 15. The van der Waals surface area contributed by atoms with Crippen molar-refractivity contribution in [1.29, 1.82) is 0 Å². The molecule has 0 saturated carbocycles. The highest BCUT2D eigenvalue weighted by molar-refractivity contribution is 6.32. The van der Waals surface area contributed by atoms with Gasteiger partial charge in [0.15, 0.2) is 36.2 Å². The number of unbranched alkanes of at least 4 members (excludes halogenated alkanes) is 5. The molecule has 0 spiro atoms. The third-order valence-corrected chi connectivity index (χ3v) is 24.1. The molecule has 8 aliphatic heterocycles. The molecule has 688 valence electrons. The Balaban J connectivity index is 1.05. The maximum atomic E-state index is 16.6. The molecule has 37 nitrogen and oxygen atoms in total. The lowest BCUT2D eigenvalue weighted by molar-refractivity contribution is -0.334. The summed E-state index contributed by atoms with van der Waals surface area (Å²) in [4.78, 5) is 121. The van der Waals surface area contributed by atoms with Crippen LogP contribution in [0.3, 0.4) is 0 Å². The first-order chi connectivity index (χ1) is 60.3. The smallest absolute Gasteiger partial charge is 0.330 e. The van der Waals surface area contributed by atoms with Gasteiger partial charge in [0.25, 0.3) is 0 Å². The third kappa shape index (κ3) is 22.2. The van der Waals surface area contributed by atoms with E-state index in [1.165, 1.54) is 64.1 Å². The molecule has 6 aromatic carbocycles. The molecule has 3 fully saturated rings. The number of primary amides is 1. The molecule has 22 N–H and O–H groups in total. The fraction of sp³-hybridized carbons (Fsp3) is 0.500. The van der Waals surface area contributed by atoms with Crippen LogP contribution in [0.4, 0.5) is 0 Å². The lowest BCUT2D eigenvalue weighted by atomic mass is 9.84. The van der Waals surface area contributed by atoms with Crippen molar-refractivity contribution in [1.82, 2.24) is 42.5 Å². The summed E-state index contributed by atoms with van der Waals surface area (Å²) in [5.41, 5.74) is 7.84. The molecule has 8 aliphatic rings. The summed E-state index contributed by atoms with van der Waals surface area (Å²) in [5.74, 6) is -15.4. The van der Waals surface area contributed by atoms with Crippen LogP contribution in [0, 0.1) is 5.92 Å². The number of ether oxygens (including phenoxy) is 9. The van der Waals surface area contributed by atoms with Gasteiger partial charge < -0.3 is 148 Å². The summed E-state index contributed by atoms with van der Waals surface area (Å²) in [5, 5.41) is 138. The second-order valence-electron chi connectivity index (χ2n) is 33.8.